The minimum Gasteiger partial charge on any atom is -0.392 e. The highest BCUT2D eigenvalue weighted by molar-refractivity contribution is 6.27. The van der Waals surface area contributed by atoms with Crippen molar-refractivity contribution < 1.29 is 14.3 Å². The van der Waals surface area contributed by atoms with Crippen molar-refractivity contribution in [3.63, 3.8) is 0 Å². The molecule has 0 saturated heterocycles. The summed E-state index contributed by atoms with van der Waals surface area (Å²) in [7, 11) is 0. The molecule has 0 aromatic rings. The third kappa shape index (κ3) is 3.45. The maximum absolute atomic E-state index is 10.6. The Morgan fingerprint density at radius 1 is 1.50 bits per heavy atom. The van der Waals surface area contributed by atoms with Crippen LogP contribution in [0.3, 0.4) is 0 Å². The fraction of sp³-hybridized carbons (Fsp3) is 0.667. The van der Waals surface area contributed by atoms with Gasteiger partial charge in [0.25, 0.3) is 0 Å². The molecule has 3 nitrogen and oxygen atoms in total. The van der Waals surface area contributed by atoms with Crippen LogP contribution in [0.5, 0.6) is 0 Å². The molecule has 0 fully saturated rings. The second-order valence-corrected chi connectivity index (χ2v) is 2.35. The normalized spacial score (nSPS) is 9.60. The van der Waals surface area contributed by atoms with Gasteiger partial charge in [-0.1, -0.05) is 13.8 Å². The molecule has 0 rings (SSSR count). The van der Waals surface area contributed by atoms with E-state index in [1.54, 1.807) is 13.8 Å². The predicted molar refractivity (Wildman–Crippen MR) is 36.7 cm³/mol. The topological polar surface area (TPSA) is 43.4 Å². The van der Waals surface area contributed by atoms with Crippen molar-refractivity contribution in [1.82, 2.24) is 0 Å². The first kappa shape index (κ1) is 9.43. The van der Waals surface area contributed by atoms with Crippen LogP contribution >= 0.6 is 11.6 Å². The van der Waals surface area contributed by atoms with Crippen LogP contribution in [0.4, 0.5) is 0 Å². The van der Waals surface area contributed by atoms with Gasteiger partial charge >= 0.3 is 11.9 Å². The Hall–Kier alpha value is -0.570. The highest BCUT2D eigenvalue weighted by Gasteiger charge is 2.12. The molecule has 0 aliphatic rings. The Morgan fingerprint density at radius 2 is 2.00 bits per heavy atom. The number of halogens is 1. The summed E-state index contributed by atoms with van der Waals surface area (Å²) in [6, 6.07) is 0. The van der Waals surface area contributed by atoms with Crippen molar-refractivity contribution in [2.75, 3.05) is 5.88 Å². The van der Waals surface area contributed by atoms with E-state index in [0.29, 0.717) is 0 Å². The Bertz CT molecular complexity index is 142. The Labute approximate surface area is 64.3 Å². The molecular weight excluding hydrogens is 156 g/mol. The molecule has 0 radical (unpaired) electrons. The van der Waals surface area contributed by atoms with Crippen LogP contribution in [0.15, 0.2) is 0 Å². The molecule has 0 amide bonds. The van der Waals surface area contributed by atoms with Crippen LogP contribution in [0.25, 0.3) is 0 Å². The number of alkyl halides is 1. The summed E-state index contributed by atoms with van der Waals surface area (Å²) in [5.41, 5.74) is 0. The van der Waals surface area contributed by atoms with Crippen molar-refractivity contribution in [3.05, 3.63) is 0 Å². The molecule has 10 heavy (non-hydrogen) atoms. The first-order chi connectivity index (χ1) is 4.57. The molecule has 0 aromatic heterocycles. The summed E-state index contributed by atoms with van der Waals surface area (Å²) >= 11 is 5.07. The van der Waals surface area contributed by atoms with Gasteiger partial charge in [0.2, 0.25) is 0 Å². The first-order valence-corrected chi connectivity index (χ1v) is 3.42. The van der Waals surface area contributed by atoms with E-state index in [1.807, 2.05) is 0 Å². The second-order valence-electron chi connectivity index (χ2n) is 2.08. The van der Waals surface area contributed by atoms with Gasteiger partial charge < -0.3 is 4.74 Å². The SMILES string of the molecule is CC(C)C(=O)OC(=O)CCl. The fourth-order valence-electron chi connectivity index (χ4n) is 0.257. The van der Waals surface area contributed by atoms with Crippen LogP contribution in [-0.2, 0) is 14.3 Å². The summed E-state index contributed by atoms with van der Waals surface area (Å²) in [6.07, 6.45) is 0. The van der Waals surface area contributed by atoms with Crippen molar-refractivity contribution in [1.29, 1.82) is 0 Å². The number of carbonyl (C=O) groups excluding carboxylic acids is 2. The molecular formula is C6H9ClO3. The van der Waals surface area contributed by atoms with Crippen LogP contribution in [0, 0.1) is 5.92 Å². The van der Waals surface area contributed by atoms with Gasteiger partial charge in [-0.05, 0) is 0 Å². The van der Waals surface area contributed by atoms with Gasteiger partial charge in [0, 0.05) is 0 Å². The number of esters is 2. The zero-order valence-electron chi connectivity index (χ0n) is 5.89. The van der Waals surface area contributed by atoms with Gasteiger partial charge in [0.15, 0.2) is 0 Å². The van der Waals surface area contributed by atoms with E-state index in [2.05, 4.69) is 4.74 Å². The van der Waals surface area contributed by atoms with E-state index in [9.17, 15) is 9.59 Å². The van der Waals surface area contributed by atoms with Gasteiger partial charge in [-0.25, -0.2) is 0 Å². The predicted octanol–water partition coefficient (Wildman–Crippen LogP) is 0.951. The van der Waals surface area contributed by atoms with Crippen LogP contribution in [-0.4, -0.2) is 17.8 Å². The van der Waals surface area contributed by atoms with Crippen molar-refractivity contribution in [3.8, 4) is 0 Å². The monoisotopic (exact) mass is 164 g/mol. The number of carbonyl (C=O) groups is 2. The standard InChI is InChI=1S/C6H9ClO3/c1-4(2)6(9)10-5(8)3-7/h4H,3H2,1-2H3. The van der Waals surface area contributed by atoms with Crippen molar-refractivity contribution >= 4 is 23.5 Å². The minimum atomic E-state index is -0.694. The summed E-state index contributed by atoms with van der Waals surface area (Å²) in [5, 5.41) is 0. The molecule has 0 saturated carbocycles. The van der Waals surface area contributed by atoms with E-state index >= 15 is 0 Å². The zero-order valence-corrected chi connectivity index (χ0v) is 6.64. The van der Waals surface area contributed by atoms with E-state index in [4.69, 9.17) is 11.6 Å². The average Bonchev–Trinajstić information content (AvgIpc) is 1.87. The van der Waals surface area contributed by atoms with Gasteiger partial charge in [-0.15, -0.1) is 11.6 Å². The molecule has 0 unspecified atom stereocenters. The molecule has 0 aromatic carbocycles. The third-order valence-electron chi connectivity index (χ3n) is 0.795. The summed E-state index contributed by atoms with van der Waals surface area (Å²) < 4.78 is 4.25. The third-order valence-corrected chi connectivity index (χ3v) is 1.01. The van der Waals surface area contributed by atoms with Crippen LogP contribution in [0.1, 0.15) is 13.8 Å². The molecule has 58 valence electrons. The lowest BCUT2D eigenvalue weighted by Gasteiger charge is -2.01. The van der Waals surface area contributed by atoms with Gasteiger partial charge in [-0.3, -0.25) is 9.59 Å². The lowest BCUT2D eigenvalue weighted by Crippen LogP contribution is -2.17. The second kappa shape index (κ2) is 4.28. The Balaban J connectivity index is 3.69. The summed E-state index contributed by atoms with van der Waals surface area (Å²) in [6.45, 7) is 3.29. The lowest BCUT2D eigenvalue weighted by molar-refractivity contribution is -0.160. The maximum atomic E-state index is 10.6. The highest BCUT2D eigenvalue weighted by atomic mass is 35.5. The molecule has 0 bridgehead atoms. The molecule has 0 atom stereocenters. The Morgan fingerprint density at radius 3 is 2.30 bits per heavy atom. The summed E-state index contributed by atoms with van der Waals surface area (Å²) in [4.78, 5) is 21.0. The Kier molecular flexibility index (Phi) is 4.03. The molecule has 0 aliphatic heterocycles. The van der Waals surface area contributed by atoms with Gasteiger partial charge in [0.1, 0.15) is 5.88 Å². The molecule has 0 N–H and O–H groups in total. The first-order valence-electron chi connectivity index (χ1n) is 2.88. The average molecular weight is 165 g/mol. The quantitative estimate of drug-likeness (QED) is 0.347. The minimum absolute atomic E-state index is 0.279. The molecule has 0 aliphatic carbocycles. The smallest absolute Gasteiger partial charge is 0.328 e. The lowest BCUT2D eigenvalue weighted by atomic mass is 10.2. The van der Waals surface area contributed by atoms with E-state index < -0.39 is 11.9 Å². The molecule has 4 heteroatoms. The van der Waals surface area contributed by atoms with Gasteiger partial charge in [-0.2, -0.15) is 0 Å². The number of hydrogen-bond donors (Lipinski definition) is 0. The number of rotatable bonds is 2. The zero-order chi connectivity index (χ0) is 8.15. The number of ether oxygens (including phenoxy) is 1. The van der Waals surface area contributed by atoms with Crippen molar-refractivity contribution in [2.24, 2.45) is 5.92 Å². The number of hydrogen-bond acceptors (Lipinski definition) is 3. The highest BCUT2D eigenvalue weighted by Crippen LogP contribution is 1.96. The van der Waals surface area contributed by atoms with E-state index in [-0.39, 0.29) is 11.8 Å². The summed E-state index contributed by atoms with van der Waals surface area (Å²) in [5.74, 6) is -1.79. The van der Waals surface area contributed by atoms with E-state index in [1.165, 1.54) is 0 Å². The molecule has 0 spiro atoms. The maximum Gasteiger partial charge on any atom is 0.328 e. The molecule has 0 heterocycles. The fourth-order valence-corrected chi connectivity index (χ4v) is 0.312. The van der Waals surface area contributed by atoms with Crippen LogP contribution in [0.2, 0.25) is 0 Å². The largest absolute Gasteiger partial charge is 0.392 e. The van der Waals surface area contributed by atoms with Crippen LogP contribution < -0.4 is 0 Å². The van der Waals surface area contributed by atoms with Gasteiger partial charge in [0.05, 0.1) is 5.92 Å². The van der Waals surface area contributed by atoms with Crippen molar-refractivity contribution in [2.45, 2.75) is 13.8 Å². The van der Waals surface area contributed by atoms with E-state index in [0.717, 1.165) is 0 Å².